The summed E-state index contributed by atoms with van der Waals surface area (Å²) in [6.07, 6.45) is 6.20. The number of aliphatic imine (C=N–C) groups is 1. The normalized spacial score (nSPS) is 19.0. The lowest BCUT2D eigenvalue weighted by Gasteiger charge is -2.36. The number of benzene rings is 2. The maximum Gasteiger partial charge on any atom is 0.124 e. The highest BCUT2D eigenvalue weighted by Gasteiger charge is 2.22. The van der Waals surface area contributed by atoms with E-state index in [9.17, 15) is 0 Å². The monoisotopic (exact) mass is 518 g/mol. The van der Waals surface area contributed by atoms with Gasteiger partial charge in [-0.3, -0.25) is 14.9 Å². The SMILES string of the molecule is CN=CC(C=N)c1cnc2ccc(N(CCCN3C[C@@H](C)O[C@@H](C)C3)c3cc(OC)cc(OC)c3)cc2n1. The summed E-state index contributed by atoms with van der Waals surface area (Å²) in [7, 11) is 5.02. The zero-order chi connectivity index (χ0) is 27.1. The first-order chi connectivity index (χ1) is 18.4. The zero-order valence-corrected chi connectivity index (χ0v) is 22.9. The minimum Gasteiger partial charge on any atom is -0.497 e. The Bertz CT molecular complexity index is 1230. The zero-order valence-electron chi connectivity index (χ0n) is 22.9. The third-order valence-corrected chi connectivity index (χ3v) is 6.69. The predicted molar refractivity (Wildman–Crippen MR) is 153 cm³/mol. The molecule has 3 atom stereocenters. The van der Waals surface area contributed by atoms with Crippen molar-refractivity contribution < 1.29 is 14.2 Å². The van der Waals surface area contributed by atoms with Gasteiger partial charge in [-0.15, -0.1) is 0 Å². The molecule has 1 aromatic heterocycles. The van der Waals surface area contributed by atoms with E-state index in [4.69, 9.17) is 24.6 Å². The van der Waals surface area contributed by atoms with E-state index in [-0.39, 0.29) is 18.1 Å². The molecule has 2 aromatic carbocycles. The van der Waals surface area contributed by atoms with Crippen molar-refractivity contribution >= 4 is 34.8 Å². The lowest BCUT2D eigenvalue weighted by molar-refractivity contribution is -0.0679. The van der Waals surface area contributed by atoms with Gasteiger partial charge in [0.1, 0.15) is 11.5 Å². The molecule has 1 fully saturated rings. The highest BCUT2D eigenvalue weighted by Crippen LogP contribution is 2.34. The second-order valence-electron chi connectivity index (χ2n) is 9.66. The van der Waals surface area contributed by atoms with Gasteiger partial charge >= 0.3 is 0 Å². The smallest absolute Gasteiger partial charge is 0.124 e. The van der Waals surface area contributed by atoms with Crippen molar-refractivity contribution in [2.75, 3.05) is 52.3 Å². The molecule has 1 saturated heterocycles. The van der Waals surface area contributed by atoms with E-state index >= 15 is 0 Å². The van der Waals surface area contributed by atoms with Gasteiger partial charge in [-0.2, -0.15) is 0 Å². The van der Waals surface area contributed by atoms with Gasteiger partial charge in [0.15, 0.2) is 0 Å². The van der Waals surface area contributed by atoms with Crippen LogP contribution in [0.2, 0.25) is 0 Å². The number of hydrogen-bond donors (Lipinski definition) is 1. The summed E-state index contributed by atoms with van der Waals surface area (Å²) >= 11 is 0. The molecule has 3 aromatic rings. The fraction of sp³-hybridized carbons (Fsp3) is 0.448. The Labute approximate surface area is 225 Å². The highest BCUT2D eigenvalue weighted by atomic mass is 16.5. The molecule has 0 saturated carbocycles. The third-order valence-electron chi connectivity index (χ3n) is 6.69. The Morgan fingerprint density at radius 3 is 2.42 bits per heavy atom. The van der Waals surface area contributed by atoms with Gasteiger partial charge in [0.2, 0.25) is 0 Å². The lowest BCUT2D eigenvalue weighted by Crippen LogP contribution is -2.46. The van der Waals surface area contributed by atoms with Crippen molar-refractivity contribution in [3.63, 3.8) is 0 Å². The first-order valence-electron chi connectivity index (χ1n) is 13.0. The summed E-state index contributed by atoms with van der Waals surface area (Å²) in [5.74, 6) is 1.16. The molecular weight excluding hydrogens is 480 g/mol. The summed E-state index contributed by atoms with van der Waals surface area (Å²) in [4.78, 5) is 18.3. The number of fused-ring (bicyclic) bond motifs is 1. The summed E-state index contributed by atoms with van der Waals surface area (Å²) in [6, 6.07) is 12.0. The van der Waals surface area contributed by atoms with Crippen molar-refractivity contribution in [3.8, 4) is 11.5 Å². The molecule has 1 N–H and O–H groups in total. The minimum atomic E-state index is -0.308. The molecule has 0 radical (unpaired) electrons. The number of aromatic nitrogens is 2. The summed E-state index contributed by atoms with van der Waals surface area (Å²) in [5.41, 5.74) is 4.24. The van der Waals surface area contributed by atoms with E-state index in [1.54, 1.807) is 33.7 Å². The van der Waals surface area contributed by atoms with E-state index in [0.717, 1.165) is 66.5 Å². The van der Waals surface area contributed by atoms with E-state index in [2.05, 4.69) is 45.8 Å². The largest absolute Gasteiger partial charge is 0.497 e. The molecule has 38 heavy (non-hydrogen) atoms. The predicted octanol–water partition coefficient (Wildman–Crippen LogP) is 4.72. The number of anilines is 2. The summed E-state index contributed by atoms with van der Waals surface area (Å²) < 4.78 is 17.0. The molecule has 4 rings (SSSR count). The number of ether oxygens (including phenoxy) is 3. The van der Waals surface area contributed by atoms with Gasteiger partial charge in [-0.25, -0.2) is 4.98 Å². The maximum atomic E-state index is 7.77. The fourth-order valence-corrected chi connectivity index (χ4v) is 4.98. The average molecular weight is 519 g/mol. The molecule has 0 aliphatic carbocycles. The number of nitrogens with zero attached hydrogens (tertiary/aromatic N) is 5. The van der Waals surface area contributed by atoms with Gasteiger partial charge in [0.05, 0.1) is 55.3 Å². The van der Waals surface area contributed by atoms with Crippen LogP contribution >= 0.6 is 0 Å². The molecule has 9 heteroatoms. The van der Waals surface area contributed by atoms with Crippen LogP contribution in [0.5, 0.6) is 11.5 Å². The van der Waals surface area contributed by atoms with Crippen molar-refractivity contribution in [3.05, 3.63) is 48.3 Å². The summed E-state index contributed by atoms with van der Waals surface area (Å²) in [5, 5.41) is 7.77. The van der Waals surface area contributed by atoms with Crippen molar-refractivity contribution in [2.45, 2.75) is 38.4 Å². The van der Waals surface area contributed by atoms with Gasteiger partial charge < -0.3 is 24.5 Å². The highest BCUT2D eigenvalue weighted by molar-refractivity contribution is 5.89. The van der Waals surface area contributed by atoms with E-state index in [1.165, 1.54) is 6.21 Å². The number of morpholine rings is 1. The van der Waals surface area contributed by atoms with E-state index in [1.807, 2.05) is 24.3 Å². The Morgan fingerprint density at radius 2 is 1.79 bits per heavy atom. The quantitative estimate of drug-likeness (QED) is 0.367. The number of rotatable bonds is 11. The van der Waals surface area contributed by atoms with Crippen LogP contribution in [0.25, 0.3) is 11.0 Å². The summed E-state index contributed by atoms with van der Waals surface area (Å²) in [6.45, 7) is 7.93. The molecule has 0 spiro atoms. The van der Waals surface area contributed by atoms with E-state index < -0.39 is 0 Å². The molecule has 1 aliphatic rings. The van der Waals surface area contributed by atoms with E-state index in [0.29, 0.717) is 5.69 Å². The number of nitrogens with one attached hydrogen (secondary N) is 1. The lowest BCUT2D eigenvalue weighted by atomic mass is 10.1. The second kappa shape index (κ2) is 12.8. The molecule has 9 nitrogen and oxygen atoms in total. The Kier molecular flexibility index (Phi) is 9.25. The first-order valence-corrected chi connectivity index (χ1v) is 13.0. The standard InChI is InChI=1S/C29H38N6O3/c1-20-18-34(19-21(2)38-20)9-6-10-35(24-11-25(36-4)14-26(12-24)37-5)23-7-8-27-28(13-23)33-29(17-32-27)22(15-30)16-31-3/h7-8,11-17,20-22,30H,6,9-10,18-19H2,1-5H3/t20-,21+,22?. The van der Waals surface area contributed by atoms with Crippen LogP contribution in [0.15, 0.2) is 47.6 Å². The van der Waals surface area contributed by atoms with Crippen molar-refractivity contribution in [2.24, 2.45) is 4.99 Å². The second-order valence-corrected chi connectivity index (χ2v) is 9.66. The maximum absolute atomic E-state index is 7.77. The molecule has 1 unspecified atom stereocenters. The van der Waals surface area contributed by atoms with Crippen LogP contribution in [0.3, 0.4) is 0 Å². The minimum absolute atomic E-state index is 0.244. The van der Waals surface area contributed by atoms with Crippen molar-refractivity contribution in [1.82, 2.24) is 14.9 Å². The van der Waals surface area contributed by atoms with Gasteiger partial charge in [-0.1, -0.05) is 0 Å². The topological polar surface area (TPSA) is 96.2 Å². The number of methoxy groups -OCH3 is 2. The molecule has 1 aliphatic heterocycles. The Balaban J connectivity index is 1.67. The average Bonchev–Trinajstić information content (AvgIpc) is 2.92. The molecule has 0 amide bonds. The van der Waals surface area contributed by atoms with Gasteiger partial charge in [0.25, 0.3) is 0 Å². The molecule has 2 heterocycles. The van der Waals surface area contributed by atoms with Gasteiger partial charge in [-0.05, 0) is 38.5 Å². The number of hydrogen-bond acceptors (Lipinski definition) is 9. The molecule has 0 bridgehead atoms. The van der Waals surface area contributed by atoms with Crippen LogP contribution in [0.1, 0.15) is 31.9 Å². The van der Waals surface area contributed by atoms with Gasteiger partial charge in [0, 0.05) is 75.2 Å². The van der Waals surface area contributed by atoms with Crippen LogP contribution in [-0.2, 0) is 4.74 Å². The van der Waals surface area contributed by atoms with Crippen LogP contribution in [0.4, 0.5) is 11.4 Å². The Morgan fingerprint density at radius 1 is 1.08 bits per heavy atom. The first kappa shape index (κ1) is 27.5. The fourth-order valence-electron chi connectivity index (χ4n) is 4.98. The van der Waals surface area contributed by atoms with Crippen molar-refractivity contribution in [1.29, 1.82) is 5.41 Å². The van der Waals surface area contributed by atoms with Crippen LogP contribution in [-0.4, -0.2) is 87.0 Å². The van der Waals surface area contributed by atoms with Crippen LogP contribution < -0.4 is 14.4 Å². The van der Waals surface area contributed by atoms with Crippen LogP contribution in [0, 0.1) is 5.41 Å². The Hall–Kier alpha value is -3.56. The molecular formula is C29H38N6O3. The third kappa shape index (κ3) is 6.65. The molecule has 202 valence electrons.